The number of pyridine rings is 1. The predicted molar refractivity (Wildman–Crippen MR) is 387 cm³/mol. The van der Waals surface area contributed by atoms with Gasteiger partial charge in [-0.1, -0.05) is 223 Å². The Morgan fingerprint density at radius 2 is 1.13 bits per heavy atom. The molecule has 6 heteroatoms. The van der Waals surface area contributed by atoms with Crippen molar-refractivity contribution in [3.8, 4) is 95.5 Å². The number of imidazole rings is 1. The quantitative estimate of drug-likeness (QED) is 0.118. The van der Waals surface area contributed by atoms with Crippen molar-refractivity contribution in [1.29, 1.82) is 0 Å². The second-order valence-electron chi connectivity index (χ2n) is 27.5. The predicted octanol–water partition coefficient (Wildman–Crippen LogP) is 22.8. The van der Waals surface area contributed by atoms with E-state index >= 15 is 0 Å². The molecule has 0 bridgehead atoms. The number of para-hydroxylation sites is 1. The molecule has 0 atom stereocenters. The fourth-order valence-electron chi connectivity index (χ4n) is 13.1. The summed E-state index contributed by atoms with van der Waals surface area (Å²) in [6.07, 6.45) is -3.74. The van der Waals surface area contributed by atoms with E-state index in [9.17, 15) is 17.8 Å². The van der Waals surface area contributed by atoms with E-state index in [1.54, 1.807) is 76.0 Å². The molecule has 4 heterocycles. The molecule has 0 saturated carbocycles. The first-order valence-electron chi connectivity index (χ1n) is 43.5. The summed E-state index contributed by atoms with van der Waals surface area (Å²) in [4.78, 5) is 4.87. The van der Waals surface area contributed by atoms with E-state index in [2.05, 4.69) is 86.8 Å². The molecule has 5 nitrogen and oxygen atoms in total. The van der Waals surface area contributed by atoms with Crippen LogP contribution in [0.25, 0.3) is 117 Å². The molecule has 0 spiro atoms. The second-order valence-corrected chi connectivity index (χ2v) is 27.5. The van der Waals surface area contributed by atoms with E-state index < -0.39 is 110 Å². The first-order chi connectivity index (χ1) is 54.5. The van der Waals surface area contributed by atoms with Gasteiger partial charge >= 0.3 is 0 Å². The summed E-state index contributed by atoms with van der Waals surface area (Å²) in [5.74, 6) is 0.988. The molecule has 472 valence electrons. The molecule has 0 fully saturated rings. The van der Waals surface area contributed by atoms with Gasteiger partial charge in [-0.2, -0.15) is 18.2 Å². The Bertz CT molecular complexity index is 6240. The third kappa shape index (κ3) is 10.7. The third-order valence-electron chi connectivity index (χ3n) is 18.0. The Balaban J connectivity index is 0.0000116. The van der Waals surface area contributed by atoms with E-state index in [1.165, 1.54) is 30.3 Å². The fraction of sp³-hybridized carbons (Fsp3) is 0.250. The van der Waals surface area contributed by atoms with Crippen LogP contribution in [-0.2, 0) is 48.1 Å². The Hall–Kier alpha value is -8.89. The Labute approximate surface area is 605 Å². The summed E-state index contributed by atoms with van der Waals surface area (Å²) in [5.41, 5.74) is -6.23. The number of rotatable bonds is 7. The summed E-state index contributed by atoms with van der Waals surface area (Å²) in [7, 11) is 0. The van der Waals surface area contributed by atoms with Gasteiger partial charge in [-0.05, 0) is 207 Å². The molecule has 1 aliphatic heterocycles. The number of aromatic nitrogens is 4. The van der Waals surface area contributed by atoms with Crippen molar-refractivity contribution >= 4 is 32.8 Å². The van der Waals surface area contributed by atoms with Crippen molar-refractivity contribution in [2.24, 2.45) is 0 Å². The number of benzene rings is 10. The largest absolute Gasteiger partial charge is 0.510 e. The molecule has 0 radical (unpaired) electrons. The molecule has 0 unspecified atom stereocenters. The van der Waals surface area contributed by atoms with Gasteiger partial charge in [0.2, 0.25) is 0 Å². The zero-order valence-corrected chi connectivity index (χ0v) is 55.6. The van der Waals surface area contributed by atoms with Crippen LogP contribution in [0.4, 0.5) is 0 Å². The van der Waals surface area contributed by atoms with Crippen LogP contribution in [0, 0.1) is 32.2 Å². The van der Waals surface area contributed by atoms with Gasteiger partial charge in [-0.15, -0.1) is 29.7 Å². The van der Waals surface area contributed by atoms with Crippen LogP contribution in [-0.4, -0.2) is 14.1 Å². The van der Waals surface area contributed by atoms with Gasteiger partial charge in [0, 0.05) is 74.4 Å². The van der Waals surface area contributed by atoms with E-state index in [0.717, 1.165) is 33.0 Å². The zero-order valence-electron chi connectivity index (χ0n) is 78.3. The van der Waals surface area contributed by atoms with Gasteiger partial charge in [0.15, 0.2) is 0 Å². The van der Waals surface area contributed by atoms with Crippen molar-refractivity contribution in [1.82, 2.24) is 14.1 Å². The fourth-order valence-corrected chi connectivity index (χ4v) is 13.1. The van der Waals surface area contributed by atoms with Crippen LogP contribution in [0.2, 0.25) is 0 Å². The zero-order chi connectivity index (χ0) is 86.0. The SMILES string of the molecule is [2H]c1c([2H])c2c(c([2H])c1-c1cc3c4c(c1)n(-c1[c-]c(Oc5[c-]c6c(cc5)c5ccccc5n6-c5cc(C(C)(C)C)ccn5)ccc1)[c-][n+]4-c1c(-c4cc(C(C)(C)C)cc(C(C)(C)C)c4)cc(-c4c(C([2H])([2H])[2H])cccc4C([2H])([2H])[2H])cc1-c1ccccc1-c1ccccc1-3)C(C([2H])([2H])[2H])(C([2H])([2H])[2H])C([2H])([2H])C([2H])([2H])C2(C([2H])([2H])[2H])C([2H])([2H])[2H].[Pt]. The molecule has 3 aromatic heterocycles. The summed E-state index contributed by atoms with van der Waals surface area (Å²) < 4.78 is 246. The van der Waals surface area contributed by atoms with E-state index in [0.29, 0.717) is 56.0 Å². The third-order valence-corrected chi connectivity index (χ3v) is 18.0. The van der Waals surface area contributed by atoms with Crippen molar-refractivity contribution < 1.29 is 64.6 Å². The summed E-state index contributed by atoms with van der Waals surface area (Å²) in [6.45, 7) is -4.35. The molecule has 0 N–H and O–H groups in total. The minimum Gasteiger partial charge on any atom is -0.510 e. The van der Waals surface area contributed by atoms with Crippen molar-refractivity contribution in [2.45, 2.75) is 143 Å². The molecule has 2 aliphatic rings. The van der Waals surface area contributed by atoms with Crippen LogP contribution >= 0.6 is 0 Å². The Kier molecular flexibility index (Phi) is 9.58. The molecular weight excluding hydrogens is 1320 g/mol. The average Bonchev–Trinajstić information content (AvgIpc) is 1.14. The molecule has 0 amide bonds. The number of ether oxygens (including phenoxy) is 1. The van der Waals surface area contributed by atoms with Gasteiger partial charge in [0.1, 0.15) is 5.82 Å². The van der Waals surface area contributed by atoms with Crippen LogP contribution in [0.1, 0.15) is 176 Å². The maximum absolute atomic E-state index is 10.6. The molecule has 94 heavy (non-hydrogen) atoms. The summed E-state index contributed by atoms with van der Waals surface area (Å²) in [6, 6.07) is 54.8. The minimum atomic E-state index is -4.62. The summed E-state index contributed by atoms with van der Waals surface area (Å²) >= 11 is 0. The normalized spacial score (nSPS) is 19.9. The monoisotopic (exact) mass is 1430 g/mol. The number of nitrogens with zero attached hydrogens (tertiary/aromatic N) is 4. The first-order valence-corrected chi connectivity index (χ1v) is 31.0. The second kappa shape index (κ2) is 22.7. The van der Waals surface area contributed by atoms with Crippen molar-refractivity contribution in [3.63, 3.8) is 0 Å². The Morgan fingerprint density at radius 1 is 0.521 bits per heavy atom. The summed E-state index contributed by atoms with van der Waals surface area (Å²) in [5, 5.41) is 1.76. The van der Waals surface area contributed by atoms with Gasteiger partial charge in [0.05, 0.1) is 20.8 Å². The minimum absolute atomic E-state index is 0. The topological polar surface area (TPSA) is 35.9 Å². The van der Waals surface area contributed by atoms with E-state index in [4.69, 9.17) is 26.2 Å². The van der Waals surface area contributed by atoms with Gasteiger partial charge in [-0.3, -0.25) is 4.57 Å². The first kappa shape index (κ1) is 39.7. The van der Waals surface area contributed by atoms with Crippen LogP contribution in [0.15, 0.2) is 200 Å². The molecule has 0 saturated heterocycles. The van der Waals surface area contributed by atoms with E-state index in [1.807, 2.05) is 83.4 Å². The molecule has 15 rings (SSSR count). The van der Waals surface area contributed by atoms with Crippen LogP contribution < -0.4 is 9.30 Å². The van der Waals surface area contributed by atoms with Gasteiger partial charge in [0.25, 0.3) is 6.33 Å². The maximum Gasteiger partial charge on any atom is 0.268 e. The number of fused-ring (bicyclic) bond motifs is 11. The molecular formula is C88H82N4OPt-2. The number of hydrogen-bond donors (Lipinski definition) is 0. The maximum atomic E-state index is 10.6. The average molecular weight is 1430 g/mol. The number of aryl methyl sites for hydroxylation is 2. The molecule has 13 aromatic rings. The van der Waals surface area contributed by atoms with Crippen molar-refractivity contribution in [3.05, 3.63) is 258 Å². The smallest absolute Gasteiger partial charge is 0.268 e. The van der Waals surface area contributed by atoms with Crippen LogP contribution in [0.5, 0.6) is 11.5 Å². The van der Waals surface area contributed by atoms with Gasteiger partial charge < -0.3 is 13.9 Å². The Morgan fingerprint density at radius 3 is 1.80 bits per heavy atom. The van der Waals surface area contributed by atoms with Gasteiger partial charge in [-0.25, -0.2) is 4.98 Å². The van der Waals surface area contributed by atoms with E-state index in [-0.39, 0.29) is 88.1 Å². The molecule has 1 aliphatic carbocycles. The number of hydrogen-bond acceptors (Lipinski definition) is 2. The molecule has 10 aromatic carbocycles. The van der Waals surface area contributed by atoms with Crippen LogP contribution in [0.3, 0.4) is 0 Å². The van der Waals surface area contributed by atoms with Crippen molar-refractivity contribution in [2.75, 3.05) is 0 Å². The standard InChI is InChI=1S/C88H82N4O.Pt/c1-54-24-22-25-55(2)81(54)59-45-72(58-42-61(85(6,7)8)49-62(43-58)86(9,10)11)82-73(46-59)68-30-18-16-28-66(68)67-29-17-19-31-69(67)74-44-57(56-34-37-75-76(47-56)88(14,15)40-39-87(75,12)13)48-79-83(74)91(82)53-90(79)63-26-23-27-64(51-63)93-65-35-36-71-70-32-20-21-33-77(70)92(78(71)52-65)80-50-60(38-41-89-80)84(3,4)5;/h16-38,41-50H,39-40H2,1-15H3;/q-2;/i1D3,2D3,12D3,13D3,14D3,15D3,34D,37D,39D2,40D2,47D;.